The molecule has 1 fully saturated rings. The van der Waals surface area contributed by atoms with Crippen LogP contribution in [-0.4, -0.2) is 43.9 Å². The van der Waals surface area contributed by atoms with Crippen molar-refractivity contribution in [1.29, 1.82) is 0 Å². The molecular weight excluding hydrogens is 316 g/mol. The number of hydrogen-bond acceptors (Lipinski definition) is 8. The van der Waals surface area contributed by atoms with E-state index in [1.165, 1.54) is 4.57 Å². The quantitative estimate of drug-likeness (QED) is 0.708. The minimum Gasteiger partial charge on any atom is -0.394 e. The van der Waals surface area contributed by atoms with Gasteiger partial charge in [-0.3, -0.25) is 19.1 Å². The molecule has 0 spiro atoms. The molecule has 0 bridgehead atoms. The lowest BCUT2D eigenvalue weighted by Crippen LogP contribution is -2.26. The van der Waals surface area contributed by atoms with Crippen molar-refractivity contribution in [3.63, 3.8) is 0 Å². The molecule has 0 aliphatic carbocycles. The molecule has 10 heteroatoms. The summed E-state index contributed by atoms with van der Waals surface area (Å²) in [6, 6.07) is 0. The van der Waals surface area contributed by atoms with Crippen molar-refractivity contribution in [2.24, 2.45) is 0 Å². The van der Waals surface area contributed by atoms with Crippen LogP contribution in [0.2, 0.25) is 0 Å². The maximum absolute atomic E-state index is 12.2. The van der Waals surface area contributed by atoms with E-state index in [0.717, 1.165) is 11.3 Å². The van der Waals surface area contributed by atoms with E-state index in [0.29, 0.717) is 6.42 Å². The van der Waals surface area contributed by atoms with E-state index < -0.39 is 11.8 Å². The molecule has 0 saturated carbocycles. The predicted molar refractivity (Wildman–Crippen MR) is 81.8 cm³/mol. The van der Waals surface area contributed by atoms with E-state index in [-0.39, 0.29) is 39.1 Å². The van der Waals surface area contributed by atoms with Crippen LogP contribution >= 0.6 is 23.1 Å². The number of thiazole rings is 1. The zero-order chi connectivity index (χ0) is 15.1. The maximum atomic E-state index is 12.2. The van der Waals surface area contributed by atoms with E-state index in [2.05, 4.69) is 9.97 Å². The van der Waals surface area contributed by atoms with Gasteiger partial charge in [-0.05, 0) is 12.7 Å². The lowest BCUT2D eigenvalue weighted by atomic mass is 10.2. The zero-order valence-electron chi connectivity index (χ0n) is 11.1. The van der Waals surface area contributed by atoms with Gasteiger partial charge in [-0.1, -0.05) is 11.3 Å². The summed E-state index contributed by atoms with van der Waals surface area (Å²) in [6.07, 6.45) is 1.65. The summed E-state index contributed by atoms with van der Waals surface area (Å²) in [5, 5.41) is 9.26. The van der Waals surface area contributed by atoms with Gasteiger partial charge in [-0.2, -0.15) is 16.7 Å². The van der Waals surface area contributed by atoms with E-state index in [1.54, 1.807) is 11.8 Å². The number of fused-ring (bicyclic) bond motifs is 1. The molecule has 21 heavy (non-hydrogen) atoms. The number of nitrogens with two attached hydrogens (primary N) is 1. The summed E-state index contributed by atoms with van der Waals surface area (Å²) in [5.74, 6) is -0.0449. The number of aromatic nitrogens is 3. The number of nitrogens with zero attached hydrogens (tertiary/aromatic N) is 2. The van der Waals surface area contributed by atoms with Gasteiger partial charge in [0.2, 0.25) is 5.95 Å². The van der Waals surface area contributed by atoms with Crippen molar-refractivity contribution in [2.45, 2.75) is 24.0 Å². The Morgan fingerprint density at radius 2 is 2.38 bits per heavy atom. The Morgan fingerprint density at radius 3 is 3.05 bits per heavy atom. The van der Waals surface area contributed by atoms with Crippen molar-refractivity contribution in [1.82, 2.24) is 14.5 Å². The van der Waals surface area contributed by atoms with Crippen molar-refractivity contribution in [3.05, 3.63) is 20.0 Å². The molecule has 3 atom stereocenters. The number of nitrogens with one attached hydrogen (secondary N) is 1. The Labute approximate surface area is 126 Å². The van der Waals surface area contributed by atoms with Gasteiger partial charge in [0.05, 0.1) is 18.0 Å². The van der Waals surface area contributed by atoms with Gasteiger partial charge in [-0.25, -0.2) is 0 Å². The molecule has 2 aromatic rings. The number of rotatable bonds is 3. The second kappa shape index (κ2) is 5.44. The van der Waals surface area contributed by atoms with Crippen molar-refractivity contribution < 1.29 is 9.84 Å². The second-order valence-corrected chi connectivity index (χ2v) is 6.72. The summed E-state index contributed by atoms with van der Waals surface area (Å²) in [5.41, 5.74) is 5.35. The van der Waals surface area contributed by atoms with Crippen LogP contribution in [0.5, 0.6) is 0 Å². The first kappa shape index (κ1) is 14.6. The number of ether oxygens (including phenoxy) is 1. The van der Waals surface area contributed by atoms with Crippen LogP contribution in [0.25, 0.3) is 10.3 Å². The van der Waals surface area contributed by atoms with Gasteiger partial charge >= 0.3 is 4.87 Å². The molecule has 4 N–H and O–H groups in total. The molecule has 1 saturated heterocycles. The number of aliphatic hydroxyl groups is 1. The highest BCUT2D eigenvalue weighted by Gasteiger charge is 2.38. The van der Waals surface area contributed by atoms with Gasteiger partial charge in [0.15, 0.2) is 11.9 Å². The largest absolute Gasteiger partial charge is 0.394 e. The minimum absolute atomic E-state index is 0.0000350. The fourth-order valence-electron chi connectivity index (χ4n) is 2.44. The van der Waals surface area contributed by atoms with Crippen molar-refractivity contribution >= 4 is 39.4 Å². The van der Waals surface area contributed by atoms with E-state index in [4.69, 9.17) is 10.5 Å². The van der Waals surface area contributed by atoms with Gasteiger partial charge in [-0.15, -0.1) is 0 Å². The third-order valence-electron chi connectivity index (χ3n) is 3.40. The molecule has 1 aliphatic heterocycles. The average molecular weight is 330 g/mol. The highest BCUT2D eigenvalue weighted by atomic mass is 32.2. The number of nitrogen functional groups attached to an aromatic ring is 1. The minimum atomic E-state index is -0.563. The van der Waals surface area contributed by atoms with E-state index in [9.17, 15) is 14.7 Å². The predicted octanol–water partition coefficient (Wildman–Crippen LogP) is -0.260. The first-order valence-corrected chi connectivity index (χ1v) is 8.35. The average Bonchev–Trinajstić information content (AvgIpc) is 2.99. The number of aliphatic hydroxyl groups excluding tert-OH is 1. The summed E-state index contributed by atoms with van der Waals surface area (Å²) < 4.78 is 7.32. The van der Waals surface area contributed by atoms with Gasteiger partial charge in [0.25, 0.3) is 5.56 Å². The maximum Gasteiger partial charge on any atom is 0.311 e. The molecule has 0 radical (unpaired) electrons. The first-order chi connectivity index (χ1) is 10.0. The Hall–Kier alpha value is -1.36. The molecule has 0 unspecified atom stereocenters. The smallest absolute Gasteiger partial charge is 0.311 e. The monoisotopic (exact) mass is 330 g/mol. The summed E-state index contributed by atoms with van der Waals surface area (Å²) in [6.45, 7) is -0.111. The van der Waals surface area contributed by atoms with Crippen LogP contribution in [0.4, 0.5) is 5.95 Å². The van der Waals surface area contributed by atoms with Crippen LogP contribution in [0.1, 0.15) is 12.6 Å². The summed E-state index contributed by atoms with van der Waals surface area (Å²) >= 11 is 2.36. The number of aromatic amines is 1. The van der Waals surface area contributed by atoms with Gasteiger partial charge < -0.3 is 15.6 Å². The molecule has 2 aromatic heterocycles. The Bertz CT molecular complexity index is 783. The van der Waals surface area contributed by atoms with Crippen LogP contribution in [-0.2, 0) is 4.74 Å². The van der Waals surface area contributed by atoms with Crippen LogP contribution < -0.4 is 16.2 Å². The lowest BCUT2D eigenvalue weighted by Gasteiger charge is -2.18. The van der Waals surface area contributed by atoms with Crippen LogP contribution in [0.15, 0.2) is 9.59 Å². The Morgan fingerprint density at radius 1 is 1.62 bits per heavy atom. The highest BCUT2D eigenvalue weighted by molar-refractivity contribution is 7.99. The Balaban J connectivity index is 2.18. The first-order valence-electron chi connectivity index (χ1n) is 6.25. The number of H-pyrrole nitrogens is 1. The van der Waals surface area contributed by atoms with Crippen LogP contribution in [0, 0.1) is 0 Å². The zero-order valence-corrected chi connectivity index (χ0v) is 12.7. The molecule has 1 aliphatic rings. The fraction of sp³-hybridized carbons (Fsp3) is 0.545. The number of hydrogen-bond donors (Lipinski definition) is 3. The molecule has 0 aromatic carbocycles. The molecule has 3 heterocycles. The third kappa shape index (κ3) is 2.37. The summed E-state index contributed by atoms with van der Waals surface area (Å²) in [4.78, 5) is 30.2. The van der Waals surface area contributed by atoms with Gasteiger partial charge in [0, 0.05) is 0 Å². The van der Waals surface area contributed by atoms with Crippen LogP contribution in [0.3, 0.4) is 0 Å². The number of thioether (sulfide) groups is 1. The topological polar surface area (TPSA) is 123 Å². The van der Waals surface area contributed by atoms with Crippen molar-refractivity contribution in [2.75, 3.05) is 18.6 Å². The van der Waals surface area contributed by atoms with Gasteiger partial charge in [0.1, 0.15) is 4.70 Å². The molecule has 0 amide bonds. The highest BCUT2D eigenvalue weighted by Crippen LogP contribution is 2.36. The SMILES string of the molecule is CS[C@@H]1C[C@@H](CO)O[C@H]1n1c(=O)sc2c(=O)[nH]c(N)nc21. The van der Waals surface area contributed by atoms with E-state index in [1.807, 2.05) is 6.26 Å². The third-order valence-corrected chi connectivity index (χ3v) is 5.37. The summed E-state index contributed by atoms with van der Waals surface area (Å²) in [7, 11) is 0. The fourth-order valence-corrected chi connectivity index (χ4v) is 4.11. The standard InChI is InChI=1S/C11H14N4O4S2/c1-20-5-2-4(3-16)19-9(5)15-7-6(21-11(15)18)8(17)14-10(12)13-7/h4-5,9,16H,2-3H2,1H3,(H3,12,13,14,17)/t4-,5+,9+/m0/s1. The van der Waals surface area contributed by atoms with Crippen molar-refractivity contribution in [3.8, 4) is 0 Å². The molecule has 8 nitrogen and oxygen atoms in total. The molecule has 114 valence electrons. The van der Waals surface area contributed by atoms with E-state index >= 15 is 0 Å². The Kier molecular flexibility index (Phi) is 3.78. The number of anilines is 1. The second-order valence-electron chi connectivity index (χ2n) is 4.68. The molecule has 3 rings (SSSR count). The molecular formula is C11H14N4O4S2. The normalized spacial score (nSPS) is 25.7. The lowest BCUT2D eigenvalue weighted by molar-refractivity contribution is -0.0203.